The van der Waals surface area contributed by atoms with Crippen LogP contribution in [-0.2, 0) is 4.79 Å². The second-order valence-electron chi connectivity index (χ2n) is 3.88. The first-order valence-electron chi connectivity index (χ1n) is 4.76. The third kappa shape index (κ3) is 6.35. The minimum atomic E-state index is 0.362. The molecular weight excluding hydrogens is 150 g/mol. The van der Waals surface area contributed by atoms with E-state index in [2.05, 4.69) is 18.7 Å². The van der Waals surface area contributed by atoms with Crippen LogP contribution in [0.4, 0.5) is 0 Å². The fourth-order valence-electron chi connectivity index (χ4n) is 1.35. The first kappa shape index (κ1) is 11.6. The van der Waals surface area contributed by atoms with E-state index >= 15 is 0 Å². The Morgan fingerprint density at radius 2 is 2.00 bits per heavy atom. The fraction of sp³-hybridized carbons (Fsp3) is 0.900. The van der Waals surface area contributed by atoms with E-state index in [1.807, 2.05) is 14.0 Å². The highest BCUT2D eigenvalue weighted by molar-refractivity contribution is 5.80. The summed E-state index contributed by atoms with van der Waals surface area (Å²) in [5.74, 6) is 1.00. The van der Waals surface area contributed by atoms with Crippen LogP contribution in [0, 0.1) is 5.92 Å². The van der Waals surface area contributed by atoms with Crippen molar-refractivity contribution < 1.29 is 4.79 Å². The molecule has 0 atom stereocenters. The number of Topliss-reactive ketones (excluding diaryl/α,β-unsaturated/α-hetero) is 1. The lowest BCUT2D eigenvalue weighted by molar-refractivity contribution is -0.120. The molecule has 0 aliphatic carbocycles. The summed E-state index contributed by atoms with van der Waals surface area (Å²) in [6.07, 6.45) is 1.69. The van der Waals surface area contributed by atoms with Crippen molar-refractivity contribution in [3.63, 3.8) is 0 Å². The maximum atomic E-state index is 11.2. The number of nitrogens with zero attached hydrogens (tertiary/aromatic N) is 1. The third-order valence-corrected chi connectivity index (χ3v) is 1.65. The van der Waals surface area contributed by atoms with Gasteiger partial charge in [-0.15, -0.1) is 0 Å². The first-order valence-corrected chi connectivity index (χ1v) is 4.76. The quantitative estimate of drug-likeness (QED) is 0.608. The van der Waals surface area contributed by atoms with Gasteiger partial charge in [0.25, 0.3) is 0 Å². The van der Waals surface area contributed by atoms with Crippen molar-refractivity contribution in [3.05, 3.63) is 0 Å². The lowest BCUT2D eigenvalue weighted by Crippen LogP contribution is -2.29. The molecule has 0 saturated heterocycles. The van der Waals surface area contributed by atoms with Gasteiger partial charge in [-0.1, -0.05) is 20.8 Å². The van der Waals surface area contributed by atoms with Crippen molar-refractivity contribution in [1.82, 2.24) is 4.90 Å². The Morgan fingerprint density at radius 3 is 2.42 bits per heavy atom. The molecule has 0 N–H and O–H groups in total. The average Bonchev–Trinajstić information content (AvgIpc) is 1.84. The van der Waals surface area contributed by atoms with Crippen LogP contribution in [0.15, 0.2) is 0 Å². The van der Waals surface area contributed by atoms with Crippen LogP contribution in [0.2, 0.25) is 0 Å². The van der Waals surface area contributed by atoms with Gasteiger partial charge in [0.2, 0.25) is 0 Å². The zero-order valence-corrected chi connectivity index (χ0v) is 8.76. The van der Waals surface area contributed by atoms with E-state index in [-0.39, 0.29) is 0 Å². The highest BCUT2D eigenvalue weighted by atomic mass is 16.1. The van der Waals surface area contributed by atoms with Gasteiger partial charge < -0.3 is 0 Å². The van der Waals surface area contributed by atoms with Gasteiger partial charge >= 0.3 is 0 Å². The molecule has 0 aliphatic rings. The second-order valence-corrected chi connectivity index (χ2v) is 3.88. The largest absolute Gasteiger partial charge is 0.299 e. The summed E-state index contributed by atoms with van der Waals surface area (Å²) in [6.45, 7) is 8.00. The van der Waals surface area contributed by atoms with Crippen molar-refractivity contribution in [1.29, 1.82) is 0 Å². The number of hydrogen-bond acceptors (Lipinski definition) is 2. The lowest BCUT2D eigenvalue weighted by Gasteiger charge is -2.17. The van der Waals surface area contributed by atoms with E-state index in [1.165, 1.54) is 0 Å². The third-order valence-electron chi connectivity index (χ3n) is 1.65. The maximum Gasteiger partial charge on any atom is 0.146 e. The highest BCUT2D eigenvalue weighted by Gasteiger charge is 2.06. The molecule has 0 bridgehead atoms. The monoisotopic (exact) mass is 171 g/mol. The summed E-state index contributed by atoms with van der Waals surface area (Å²) in [6, 6.07) is 0. The Labute approximate surface area is 75.9 Å². The topological polar surface area (TPSA) is 20.3 Å². The van der Waals surface area contributed by atoms with Crippen molar-refractivity contribution in [2.45, 2.75) is 33.6 Å². The summed E-state index contributed by atoms with van der Waals surface area (Å²) < 4.78 is 0. The van der Waals surface area contributed by atoms with Gasteiger partial charge in [-0.3, -0.25) is 9.69 Å². The van der Waals surface area contributed by atoms with Crippen molar-refractivity contribution in [2.75, 3.05) is 20.1 Å². The lowest BCUT2D eigenvalue weighted by atomic mass is 10.2. The predicted octanol–water partition coefficient (Wildman–Crippen LogP) is 1.94. The molecule has 0 rings (SSSR count). The van der Waals surface area contributed by atoms with Gasteiger partial charge in [0, 0.05) is 13.0 Å². The molecular formula is C10H21NO. The van der Waals surface area contributed by atoms with Crippen LogP contribution in [-0.4, -0.2) is 30.8 Å². The molecule has 12 heavy (non-hydrogen) atoms. The number of likely N-dealkylation sites (N-methyl/N-ethyl adjacent to an activating group) is 1. The molecule has 0 saturated carbocycles. The van der Waals surface area contributed by atoms with E-state index in [4.69, 9.17) is 0 Å². The Balaban J connectivity index is 3.54. The Hall–Kier alpha value is -0.370. The van der Waals surface area contributed by atoms with Crippen LogP contribution < -0.4 is 0 Å². The number of ketones is 1. The molecule has 0 aromatic heterocycles. The standard InChI is InChI=1S/C10H21NO/c1-5-6-10(12)8-11(4)7-9(2)3/h9H,5-8H2,1-4H3. The second kappa shape index (κ2) is 6.18. The van der Waals surface area contributed by atoms with Crippen LogP contribution >= 0.6 is 0 Å². The van der Waals surface area contributed by atoms with Crippen LogP contribution in [0.3, 0.4) is 0 Å². The van der Waals surface area contributed by atoms with E-state index < -0.39 is 0 Å². The Bertz CT molecular complexity index is 132. The minimum Gasteiger partial charge on any atom is -0.299 e. The van der Waals surface area contributed by atoms with Crippen molar-refractivity contribution in [2.24, 2.45) is 5.92 Å². The minimum absolute atomic E-state index is 0.362. The molecule has 0 aromatic rings. The normalized spacial score (nSPS) is 11.2. The molecule has 2 nitrogen and oxygen atoms in total. The molecule has 0 heterocycles. The van der Waals surface area contributed by atoms with Gasteiger partial charge in [-0.2, -0.15) is 0 Å². The molecule has 0 fully saturated rings. The average molecular weight is 171 g/mol. The summed E-state index contributed by atoms with van der Waals surface area (Å²) in [7, 11) is 2.01. The molecule has 72 valence electrons. The maximum absolute atomic E-state index is 11.2. The summed E-state index contributed by atoms with van der Waals surface area (Å²) in [5.41, 5.74) is 0. The van der Waals surface area contributed by atoms with Crippen LogP contribution in [0.5, 0.6) is 0 Å². The smallest absolute Gasteiger partial charge is 0.146 e. The molecule has 0 unspecified atom stereocenters. The summed E-state index contributed by atoms with van der Waals surface area (Å²) in [4.78, 5) is 13.3. The zero-order chi connectivity index (χ0) is 9.56. The highest BCUT2D eigenvalue weighted by Crippen LogP contribution is 1.97. The molecule has 0 amide bonds. The van der Waals surface area contributed by atoms with E-state index in [0.717, 1.165) is 19.4 Å². The summed E-state index contributed by atoms with van der Waals surface area (Å²) in [5, 5.41) is 0. The van der Waals surface area contributed by atoms with E-state index in [9.17, 15) is 4.79 Å². The molecule has 0 radical (unpaired) electrons. The zero-order valence-electron chi connectivity index (χ0n) is 8.76. The van der Waals surface area contributed by atoms with E-state index in [0.29, 0.717) is 18.2 Å². The Kier molecular flexibility index (Phi) is 5.99. The van der Waals surface area contributed by atoms with E-state index in [1.54, 1.807) is 0 Å². The number of carbonyl (C=O) groups excluding carboxylic acids is 1. The van der Waals surface area contributed by atoms with Crippen LogP contribution in [0.1, 0.15) is 33.6 Å². The van der Waals surface area contributed by atoms with Gasteiger partial charge in [0.1, 0.15) is 5.78 Å². The number of hydrogen-bond donors (Lipinski definition) is 0. The van der Waals surface area contributed by atoms with Gasteiger partial charge in [0.05, 0.1) is 6.54 Å². The van der Waals surface area contributed by atoms with Gasteiger partial charge in [-0.25, -0.2) is 0 Å². The molecule has 0 aromatic carbocycles. The van der Waals surface area contributed by atoms with Crippen LogP contribution in [0.25, 0.3) is 0 Å². The predicted molar refractivity (Wildman–Crippen MR) is 52.3 cm³/mol. The van der Waals surface area contributed by atoms with Crippen molar-refractivity contribution in [3.8, 4) is 0 Å². The Morgan fingerprint density at radius 1 is 1.42 bits per heavy atom. The fourth-order valence-corrected chi connectivity index (χ4v) is 1.35. The SMILES string of the molecule is CCCC(=O)CN(C)CC(C)C. The van der Waals surface area contributed by atoms with Crippen molar-refractivity contribution >= 4 is 5.78 Å². The first-order chi connectivity index (χ1) is 5.56. The molecule has 0 spiro atoms. The number of carbonyl (C=O) groups is 1. The molecule has 2 heteroatoms. The van der Waals surface area contributed by atoms with Gasteiger partial charge in [0.15, 0.2) is 0 Å². The van der Waals surface area contributed by atoms with Gasteiger partial charge in [-0.05, 0) is 19.4 Å². The number of rotatable bonds is 6. The molecule has 0 aliphatic heterocycles. The summed E-state index contributed by atoms with van der Waals surface area (Å²) >= 11 is 0.